The largest absolute Gasteiger partial charge is 0.456 e. The highest BCUT2D eigenvalue weighted by Gasteiger charge is 2.18. The molecule has 9 aromatic carbocycles. The minimum atomic E-state index is -0.434. The van der Waals surface area contributed by atoms with Crippen molar-refractivity contribution in [2.75, 3.05) is 0 Å². The Balaban J connectivity index is 1.36. The maximum Gasteiger partial charge on any atom is 0.135 e. The van der Waals surface area contributed by atoms with E-state index < -0.39 is 24.2 Å². The lowest BCUT2D eigenvalue weighted by atomic mass is 9.85. The van der Waals surface area contributed by atoms with Gasteiger partial charge in [0.25, 0.3) is 0 Å². The van der Waals surface area contributed by atoms with Gasteiger partial charge in [-0.1, -0.05) is 145 Å². The third-order valence-corrected chi connectivity index (χ3v) is 9.29. The summed E-state index contributed by atoms with van der Waals surface area (Å²) in [5, 5.41) is 6.71. The van der Waals surface area contributed by atoms with Crippen LogP contribution in [0.5, 0.6) is 0 Å². The fraction of sp³-hybridized carbons (Fsp3) is 0. The van der Waals surface area contributed by atoms with E-state index >= 15 is 0 Å². The Morgan fingerprint density at radius 1 is 0.362 bits per heavy atom. The molecule has 1 heteroatoms. The number of hydrogen-bond donors (Lipinski definition) is 0. The van der Waals surface area contributed by atoms with Crippen LogP contribution in [0.15, 0.2) is 174 Å². The summed E-state index contributed by atoms with van der Waals surface area (Å²) in [5.74, 6) is 0. The second kappa shape index (κ2) is 10.2. The summed E-state index contributed by atoms with van der Waals surface area (Å²) in [6.07, 6.45) is 0. The lowest BCUT2D eigenvalue weighted by molar-refractivity contribution is 0.669. The minimum Gasteiger partial charge on any atom is -0.456 e. The van der Waals surface area contributed by atoms with E-state index in [-0.39, 0.29) is 45.7 Å². The summed E-state index contributed by atoms with van der Waals surface area (Å²) < 4.78 is 78.9. The lowest BCUT2D eigenvalue weighted by Gasteiger charge is -2.18. The zero-order valence-corrected chi connectivity index (χ0v) is 25.0. The normalized spacial score (nSPS) is 14.2. The Bertz CT molecular complexity index is 3230. The lowest BCUT2D eigenvalue weighted by Crippen LogP contribution is -1.91. The number of benzene rings is 9. The molecule has 0 fully saturated rings. The summed E-state index contributed by atoms with van der Waals surface area (Å²) in [5.41, 5.74) is 4.82. The Morgan fingerprint density at radius 2 is 0.957 bits per heavy atom. The molecule has 0 saturated heterocycles. The van der Waals surface area contributed by atoms with Gasteiger partial charge in [-0.2, -0.15) is 0 Å². The molecule has 47 heavy (non-hydrogen) atoms. The van der Waals surface area contributed by atoms with Crippen LogP contribution in [0.2, 0.25) is 0 Å². The van der Waals surface area contributed by atoms with Gasteiger partial charge in [-0.25, -0.2) is 0 Å². The number of rotatable bonds is 3. The predicted octanol–water partition coefficient (Wildman–Crippen LogP) is 13.2. The number of para-hydroxylation sites is 1. The van der Waals surface area contributed by atoms with E-state index in [0.29, 0.717) is 33.4 Å². The highest BCUT2D eigenvalue weighted by molar-refractivity contribution is 6.22. The first kappa shape index (κ1) is 19.4. The number of fused-ring (bicyclic) bond motifs is 8. The molecule has 1 nitrogen and oxygen atoms in total. The first-order chi connectivity index (χ1) is 26.6. The average Bonchev–Trinajstić information content (AvgIpc) is 3.60. The van der Waals surface area contributed by atoms with Crippen molar-refractivity contribution in [3.8, 4) is 33.4 Å². The molecule has 0 bridgehead atoms. The third-order valence-electron chi connectivity index (χ3n) is 9.29. The Hall–Kier alpha value is -6.18. The summed E-state index contributed by atoms with van der Waals surface area (Å²) in [7, 11) is 0. The van der Waals surface area contributed by atoms with Crippen LogP contribution in [0.1, 0.15) is 11.0 Å². The smallest absolute Gasteiger partial charge is 0.135 e. The molecule has 10 rings (SSSR count). The molecule has 0 unspecified atom stereocenters. The molecule has 0 aliphatic heterocycles. The van der Waals surface area contributed by atoms with Gasteiger partial charge >= 0.3 is 0 Å². The predicted molar refractivity (Wildman–Crippen MR) is 200 cm³/mol. The van der Waals surface area contributed by atoms with Gasteiger partial charge in [-0.05, 0) is 101 Å². The van der Waals surface area contributed by atoms with Crippen molar-refractivity contribution in [3.63, 3.8) is 0 Å². The monoisotopic (exact) mass is 604 g/mol. The van der Waals surface area contributed by atoms with E-state index in [0.717, 1.165) is 43.4 Å². The number of furan rings is 1. The highest BCUT2D eigenvalue weighted by Crippen LogP contribution is 2.45. The molecule has 1 aromatic heterocycles. The molecule has 0 amide bonds. The maximum absolute atomic E-state index is 9.39. The molecular formula is C46H28O. The van der Waals surface area contributed by atoms with Crippen molar-refractivity contribution >= 4 is 65.0 Å². The van der Waals surface area contributed by atoms with Gasteiger partial charge in [-0.3, -0.25) is 0 Å². The molecule has 1 heterocycles. The molecule has 0 atom stereocenters. The van der Waals surface area contributed by atoms with Crippen LogP contribution >= 0.6 is 0 Å². The van der Waals surface area contributed by atoms with Crippen LogP contribution in [0.3, 0.4) is 0 Å². The average molecular weight is 605 g/mol. The third kappa shape index (κ3) is 3.97. The summed E-state index contributed by atoms with van der Waals surface area (Å²) in [4.78, 5) is 0. The van der Waals surface area contributed by atoms with Crippen LogP contribution in [0, 0.1) is 0 Å². The molecular weight excluding hydrogens is 569 g/mol. The van der Waals surface area contributed by atoms with Crippen molar-refractivity contribution in [1.82, 2.24) is 0 Å². The topological polar surface area (TPSA) is 13.1 Å². The molecule has 0 radical (unpaired) electrons. The van der Waals surface area contributed by atoms with Gasteiger partial charge < -0.3 is 4.42 Å². The van der Waals surface area contributed by atoms with Crippen LogP contribution in [0.25, 0.3) is 98.4 Å². The summed E-state index contributed by atoms with van der Waals surface area (Å²) >= 11 is 0. The number of hydrogen-bond acceptors (Lipinski definition) is 1. The van der Waals surface area contributed by atoms with Gasteiger partial charge in [0.2, 0.25) is 0 Å². The van der Waals surface area contributed by atoms with Gasteiger partial charge in [-0.15, -0.1) is 0 Å². The fourth-order valence-corrected chi connectivity index (χ4v) is 7.22. The fourth-order valence-electron chi connectivity index (χ4n) is 7.22. The standard InChI is InChI=1S/C46H28O/c1-2-14-33-29(11-1)23-25-36-34(20-10-21-35(33)36)30-12-9-13-31(27-30)45-38-16-3-5-18-40(38)46(41-19-6-4-17-39(41)45)32-24-26-44-42(28-32)37-15-7-8-22-43(37)47-44/h1-28H/i3D,4D,5D,6D,16D,17D,18D,19D. The SMILES string of the molecule is [2H]c1c([2H])c([2H])c2c(-c3ccc4oc5ccccc5c4c3)c3c([2H])c([2H])c([2H])c([2H])c3c(-c3cccc(-c4cccc5c4ccc4ccccc45)c3)c2c1[2H]. The first-order valence-electron chi connectivity index (χ1n) is 19.5. The molecule has 0 saturated carbocycles. The van der Waals surface area contributed by atoms with Crippen molar-refractivity contribution < 1.29 is 15.4 Å². The quantitative estimate of drug-likeness (QED) is 0.144. The van der Waals surface area contributed by atoms with Crippen LogP contribution in [0.4, 0.5) is 0 Å². The first-order valence-corrected chi connectivity index (χ1v) is 15.5. The van der Waals surface area contributed by atoms with E-state index in [1.165, 1.54) is 0 Å². The van der Waals surface area contributed by atoms with Crippen LogP contribution in [-0.4, -0.2) is 0 Å². The van der Waals surface area contributed by atoms with Gasteiger partial charge in [0.05, 0.1) is 11.0 Å². The van der Waals surface area contributed by atoms with E-state index in [1.807, 2.05) is 78.9 Å². The molecule has 10 aromatic rings. The van der Waals surface area contributed by atoms with Gasteiger partial charge in [0, 0.05) is 10.8 Å². The van der Waals surface area contributed by atoms with Crippen molar-refractivity contribution in [3.05, 3.63) is 170 Å². The van der Waals surface area contributed by atoms with E-state index in [9.17, 15) is 5.48 Å². The Morgan fingerprint density at radius 3 is 1.72 bits per heavy atom. The Kier molecular flexibility index (Phi) is 4.19. The second-order valence-electron chi connectivity index (χ2n) is 11.8. The van der Waals surface area contributed by atoms with Gasteiger partial charge in [0.1, 0.15) is 11.2 Å². The molecule has 0 aliphatic rings. The summed E-state index contributed by atoms with van der Waals surface area (Å²) in [6, 6.07) is 36.4. The zero-order valence-electron chi connectivity index (χ0n) is 33.0. The zero-order chi connectivity index (χ0) is 37.9. The van der Waals surface area contributed by atoms with Gasteiger partial charge in [0.15, 0.2) is 0 Å². The highest BCUT2D eigenvalue weighted by atomic mass is 16.3. The summed E-state index contributed by atoms with van der Waals surface area (Å²) in [6.45, 7) is 0. The van der Waals surface area contributed by atoms with E-state index in [4.69, 9.17) is 9.90 Å². The van der Waals surface area contributed by atoms with Crippen LogP contribution in [-0.2, 0) is 0 Å². The van der Waals surface area contributed by atoms with Crippen molar-refractivity contribution in [2.45, 2.75) is 0 Å². The Labute approximate surface area is 283 Å². The van der Waals surface area contributed by atoms with Crippen molar-refractivity contribution in [1.29, 1.82) is 0 Å². The maximum atomic E-state index is 9.39. The van der Waals surface area contributed by atoms with E-state index in [1.54, 1.807) is 12.1 Å². The second-order valence-corrected chi connectivity index (χ2v) is 11.8. The van der Waals surface area contributed by atoms with Crippen LogP contribution < -0.4 is 0 Å². The molecule has 218 valence electrons. The van der Waals surface area contributed by atoms with Crippen molar-refractivity contribution in [2.24, 2.45) is 0 Å². The molecule has 0 aliphatic carbocycles. The minimum absolute atomic E-state index is 0.174. The molecule has 0 N–H and O–H groups in total. The van der Waals surface area contributed by atoms with E-state index in [2.05, 4.69) is 30.3 Å². The molecule has 0 spiro atoms.